The molecular weight excluding hydrogens is 245 g/mol. The van der Waals surface area contributed by atoms with E-state index in [1.807, 2.05) is 0 Å². The van der Waals surface area contributed by atoms with E-state index in [1.165, 1.54) is 0 Å². The topological polar surface area (TPSA) is 43.1 Å². The lowest BCUT2D eigenvalue weighted by Crippen LogP contribution is -2.30. The van der Waals surface area contributed by atoms with E-state index in [9.17, 15) is 4.79 Å². The minimum absolute atomic E-state index is 0.138. The summed E-state index contributed by atoms with van der Waals surface area (Å²) in [5.41, 5.74) is 6.22. The Kier molecular flexibility index (Phi) is 5.26. The Morgan fingerprint density at radius 3 is 2.75 bits per heavy atom. The Labute approximate surface area is 106 Å². The van der Waals surface area contributed by atoms with Crippen LogP contribution in [0, 0.1) is 0 Å². The molecule has 0 saturated carbocycles. The fourth-order valence-electron chi connectivity index (χ4n) is 1.45. The van der Waals surface area contributed by atoms with Crippen molar-refractivity contribution in [2.75, 3.05) is 0 Å². The van der Waals surface area contributed by atoms with Crippen molar-refractivity contribution >= 4 is 29.0 Å². The van der Waals surface area contributed by atoms with Gasteiger partial charge < -0.3 is 5.73 Å². The van der Waals surface area contributed by atoms with Crippen LogP contribution in [0.25, 0.3) is 0 Å². The summed E-state index contributed by atoms with van der Waals surface area (Å²) in [6.45, 7) is 2.06. The van der Waals surface area contributed by atoms with Crippen molar-refractivity contribution in [3.05, 3.63) is 33.8 Å². The lowest BCUT2D eigenvalue weighted by molar-refractivity contribution is 0.0956. The number of hydrogen-bond acceptors (Lipinski definition) is 2. The molecule has 0 spiro atoms. The number of rotatable bonds is 5. The number of unbranched alkanes of at least 4 members (excludes halogenated alkanes) is 1. The first-order valence-electron chi connectivity index (χ1n) is 5.31. The van der Waals surface area contributed by atoms with Gasteiger partial charge in [-0.3, -0.25) is 4.79 Å². The van der Waals surface area contributed by atoms with Crippen LogP contribution in [0.2, 0.25) is 10.0 Å². The minimum Gasteiger partial charge on any atom is -0.321 e. The fourth-order valence-corrected chi connectivity index (χ4v) is 1.84. The molecule has 1 aromatic rings. The quantitative estimate of drug-likeness (QED) is 0.820. The van der Waals surface area contributed by atoms with Gasteiger partial charge in [0.15, 0.2) is 5.78 Å². The van der Waals surface area contributed by atoms with E-state index < -0.39 is 6.04 Å². The Hall–Kier alpha value is -0.570. The van der Waals surface area contributed by atoms with Crippen LogP contribution in [0.5, 0.6) is 0 Å². The third-order valence-corrected chi connectivity index (χ3v) is 3.24. The van der Waals surface area contributed by atoms with Gasteiger partial charge in [-0.2, -0.15) is 0 Å². The van der Waals surface area contributed by atoms with E-state index in [4.69, 9.17) is 28.9 Å². The van der Waals surface area contributed by atoms with Gasteiger partial charge in [-0.1, -0.05) is 49.0 Å². The largest absolute Gasteiger partial charge is 0.321 e. The molecule has 1 unspecified atom stereocenters. The van der Waals surface area contributed by atoms with E-state index in [0.29, 0.717) is 22.0 Å². The van der Waals surface area contributed by atoms with Crippen LogP contribution in [0.1, 0.15) is 36.5 Å². The highest BCUT2D eigenvalue weighted by molar-refractivity contribution is 6.44. The summed E-state index contributed by atoms with van der Waals surface area (Å²) in [5.74, 6) is -0.138. The Balaban J connectivity index is 2.84. The van der Waals surface area contributed by atoms with Crippen molar-refractivity contribution in [1.29, 1.82) is 0 Å². The molecule has 2 nitrogen and oxygen atoms in total. The van der Waals surface area contributed by atoms with E-state index in [0.717, 1.165) is 12.8 Å². The molecule has 88 valence electrons. The standard InChI is InChI=1S/C12H15Cl2NO/c1-2-3-7-10(15)12(16)8-5-4-6-9(13)11(8)14/h4-6,10H,2-3,7,15H2,1H3. The predicted molar refractivity (Wildman–Crippen MR) is 68.3 cm³/mol. The normalized spacial score (nSPS) is 12.5. The Morgan fingerprint density at radius 2 is 2.12 bits per heavy atom. The number of hydrogen-bond donors (Lipinski definition) is 1. The molecule has 0 fully saturated rings. The van der Waals surface area contributed by atoms with Crippen LogP contribution in [0.4, 0.5) is 0 Å². The number of halogens is 2. The summed E-state index contributed by atoms with van der Waals surface area (Å²) in [5, 5.41) is 0.677. The van der Waals surface area contributed by atoms with Gasteiger partial charge in [-0.25, -0.2) is 0 Å². The second-order valence-corrected chi connectivity index (χ2v) is 4.50. The average Bonchev–Trinajstić information content (AvgIpc) is 2.28. The van der Waals surface area contributed by atoms with Crippen molar-refractivity contribution in [2.45, 2.75) is 32.2 Å². The van der Waals surface area contributed by atoms with E-state index in [1.54, 1.807) is 18.2 Å². The highest BCUT2D eigenvalue weighted by Crippen LogP contribution is 2.26. The number of benzene rings is 1. The van der Waals surface area contributed by atoms with Gasteiger partial charge in [0.2, 0.25) is 0 Å². The summed E-state index contributed by atoms with van der Waals surface area (Å²) in [6, 6.07) is 4.52. The summed E-state index contributed by atoms with van der Waals surface area (Å²) < 4.78 is 0. The molecule has 0 bridgehead atoms. The second kappa shape index (κ2) is 6.24. The first kappa shape index (κ1) is 13.5. The molecule has 0 heterocycles. The molecular formula is C12H15Cl2NO. The third kappa shape index (κ3) is 3.21. The van der Waals surface area contributed by atoms with Gasteiger partial charge in [0.1, 0.15) is 0 Å². The van der Waals surface area contributed by atoms with E-state index >= 15 is 0 Å². The molecule has 1 atom stereocenters. The first-order chi connectivity index (χ1) is 7.57. The monoisotopic (exact) mass is 259 g/mol. The highest BCUT2D eigenvalue weighted by atomic mass is 35.5. The Morgan fingerprint density at radius 1 is 1.44 bits per heavy atom. The van der Waals surface area contributed by atoms with Gasteiger partial charge in [0, 0.05) is 5.56 Å². The van der Waals surface area contributed by atoms with Gasteiger partial charge in [0.05, 0.1) is 16.1 Å². The summed E-state index contributed by atoms with van der Waals surface area (Å²) >= 11 is 11.8. The van der Waals surface area contributed by atoms with Crippen LogP contribution in [0.15, 0.2) is 18.2 Å². The fraction of sp³-hybridized carbons (Fsp3) is 0.417. The van der Waals surface area contributed by atoms with Gasteiger partial charge >= 0.3 is 0 Å². The lowest BCUT2D eigenvalue weighted by atomic mass is 10.0. The van der Waals surface area contributed by atoms with Crippen molar-refractivity contribution in [3.63, 3.8) is 0 Å². The first-order valence-corrected chi connectivity index (χ1v) is 6.07. The minimum atomic E-state index is -0.490. The van der Waals surface area contributed by atoms with Gasteiger partial charge in [-0.15, -0.1) is 0 Å². The van der Waals surface area contributed by atoms with Crippen molar-refractivity contribution < 1.29 is 4.79 Å². The molecule has 0 amide bonds. The zero-order valence-corrected chi connectivity index (χ0v) is 10.7. The molecule has 0 aliphatic rings. The molecule has 0 aliphatic heterocycles. The zero-order chi connectivity index (χ0) is 12.1. The molecule has 0 aromatic heterocycles. The SMILES string of the molecule is CCCCC(N)C(=O)c1cccc(Cl)c1Cl. The van der Waals surface area contributed by atoms with Crippen LogP contribution in [-0.2, 0) is 0 Å². The summed E-state index contributed by atoms with van der Waals surface area (Å²) in [7, 11) is 0. The highest BCUT2D eigenvalue weighted by Gasteiger charge is 2.18. The van der Waals surface area contributed by atoms with Crippen molar-refractivity contribution in [2.24, 2.45) is 5.73 Å². The number of ketones is 1. The van der Waals surface area contributed by atoms with E-state index in [-0.39, 0.29) is 5.78 Å². The van der Waals surface area contributed by atoms with Crippen molar-refractivity contribution in [3.8, 4) is 0 Å². The summed E-state index contributed by atoms with van der Waals surface area (Å²) in [6.07, 6.45) is 2.63. The van der Waals surface area contributed by atoms with Crippen LogP contribution < -0.4 is 5.73 Å². The second-order valence-electron chi connectivity index (χ2n) is 3.71. The average molecular weight is 260 g/mol. The molecule has 4 heteroatoms. The third-order valence-electron chi connectivity index (χ3n) is 2.42. The molecule has 1 aromatic carbocycles. The molecule has 0 aliphatic carbocycles. The van der Waals surface area contributed by atoms with Gasteiger partial charge in [-0.05, 0) is 18.6 Å². The molecule has 0 saturated heterocycles. The molecule has 2 N–H and O–H groups in total. The summed E-state index contributed by atoms with van der Waals surface area (Å²) in [4.78, 5) is 12.0. The van der Waals surface area contributed by atoms with Crippen LogP contribution in [-0.4, -0.2) is 11.8 Å². The molecule has 0 radical (unpaired) electrons. The number of carbonyl (C=O) groups is 1. The molecule has 1 rings (SSSR count). The number of carbonyl (C=O) groups excluding carboxylic acids is 1. The van der Waals surface area contributed by atoms with Crippen LogP contribution in [0.3, 0.4) is 0 Å². The molecule has 16 heavy (non-hydrogen) atoms. The smallest absolute Gasteiger partial charge is 0.181 e. The zero-order valence-electron chi connectivity index (χ0n) is 9.17. The van der Waals surface area contributed by atoms with Gasteiger partial charge in [0.25, 0.3) is 0 Å². The number of Topliss-reactive ketones (excluding diaryl/α,β-unsaturated/α-hetero) is 1. The number of nitrogens with two attached hydrogens (primary N) is 1. The van der Waals surface area contributed by atoms with Crippen LogP contribution >= 0.6 is 23.2 Å². The lowest BCUT2D eigenvalue weighted by Gasteiger charge is -2.11. The maximum atomic E-state index is 12.0. The maximum Gasteiger partial charge on any atom is 0.181 e. The maximum absolute atomic E-state index is 12.0. The predicted octanol–water partition coefficient (Wildman–Crippen LogP) is 3.69. The Bertz CT molecular complexity index is 379. The van der Waals surface area contributed by atoms with E-state index in [2.05, 4.69) is 6.92 Å². The van der Waals surface area contributed by atoms with Crippen molar-refractivity contribution in [1.82, 2.24) is 0 Å².